The molecule has 0 bridgehead atoms. The molecule has 0 rings (SSSR count). The van der Waals surface area contributed by atoms with Crippen LogP contribution in [0.15, 0.2) is 0 Å². The molecule has 0 saturated heterocycles. The molecule has 0 amide bonds. The summed E-state index contributed by atoms with van der Waals surface area (Å²) >= 11 is 3.32. The van der Waals surface area contributed by atoms with Crippen molar-refractivity contribution >= 4 is 28.2 Å². The molecule has 0 aliphatic heterocycles. The molecule has 0 unspecified atom stereocenters. The topological polar surface area (TPSA) is 93.1 Å². The highest BCUT2D eigenvalue weighted by atomic mass is 79.9. The maximum absolute atomic E-state index is 9.95. The van der Waals surface area contributed by atoms with Crippen molar-refractivity contribution in [3.05, 3.63) is 0 Å². The lowest BCUT2D eigenvalue weighted by molar-refractivity contribution is 0.0887. The van der Waals surface area contributed by atoms with Crippen molar-refractivity contribution in [2.75, 3.05) is 18.5 Å². The Morgan fingerprint density at radius 1 is 0.708 bits per heavy atom. The Bertz CT molecular complexity index is 286. The van der Waals surface area contributed by atoms with Gasteiger partial charge in [-0.2, -0.15) is 0 Å². The van der Waals surface area contributed by atoms with Crippen LogP contribution in [-0.2, 0) is 9.47 Å². The van der Waals surface area contributed by atoms with Gasteiger partial charge >= 0.3 is 12.3 Å². The van der Waals surface area contributed by atoms with E-state index in [1.165, 1.54) is 32.1 Å². The first kappa shape index (κ1) is 25.3. The van der Waals surface area contributed by atoms with Crippen LogP contribution in [0.3, 0.4) is 0 Å². The van der Waals surface area contributed by atoms with Gasteiger partial charge in [-0.3, -0.25) is 0 Å². The number of hydrogen-bond acceptors (Lipinski definition) is 4. The number of hydrogen-bond donors (Lipinski definition) is 2. The van der Waals surface area contributed by atoms with Gasteiger partial charge in [0.1, 0.15) is 0 Å². The number of unbranched alkanes of at least 4 members (excludes halogenated alkanes) is 9. The number of halogens is 1. The summed E-state index contributed by atoms with van der Waals surface area (Å²) in [6, 6.07) is 0. The molecule has 6 nitrogen and oxygen atoms in total. The van der Waals surface area contributed by atoms with Crippen LogP contribution in [0.1, 0.15) is 77.6 Å². The molecule has 2 N–H and O–H groups in total. The highest BCUT2D eigenvalue weighted by Gasteiger charge is 1.96. The van der Waals surface area contributed by atoms with E-state index in [9.17, 15) is 9.59 Å². The molecule has 0 aromatic heterocycles. The summed E-state index contributed by atoms with van der Waals surface area (Å²) in [5.41, 5.74) is 0. The molecule has 0 aromatic rings. The van der Waals surface area contributed by atoms with Crippen LogP contribution in [-0.4, -0.2) is 41.1 Å². The average molecular weight is 413 g/mol. The minimum Gasteiger partial charge on any atom is -0.450 e. The summed E-state index contributed by atoms with van der Waals surface area (Å²) in [4.78, 5) is 19.8. The Morgan fingerprint density at radius 2 is 1.08 bits per heavy atom. The van der Waals surface area contributed by atoms with Crippen LogP contribution in [0.5, 0.6) is 0 Å². The molecule has 24 heavy (non-hydrogen) atoms. The predicted molar refractivity (Wildman–Crippen MR) is 98.2 cm³/mol. The summed E-state index contributed by atoms with van der Waals surface area (Å²) in [7, 11) is 0. The van der Waals surface area contributed by atoms with E-state index in [2.05, 4.69) is 32.3 Å². The first-order valence-corrected chi connectivity index (χ1v) is 9.94. The maximum atomic E-state index is 9.95. The zero-order chi connectivity index (χ0) is 18.5. The normalized spacial score (nSPS) is 9.75. The van der Waals surface area contributed by atoms with Crippen molar-refractivity contribution in [3.63, 3.8) is 0 Å². The van der Waals surface area contributed by atoms with Gasteiger partial charge in [0.25, 0.3) is 0 Å². The van der Waals surface area contributed by atoms with Crippen molar-refractivity contribution < 1.29 is 29.3 Å². The fourth-order valence-corrected chi connectivity index (χ4v) is 2.32. The smallest absolute Gasteiger partial charge is 0.450 e. The standard InChI is InChI=1S/C10H20O3.C7H13BrO3/c1-2-3-4-5-6-7-8-9-13-10(11)12;8-5-3-1-2-4-6-11-7(9)10/h2-9H2,1H3,(H,11,12);1-6H2,(H,9,10). The van der Waals surface area contributed by atoms with Gasteiger partial charge < -0.3 is 19.7 Å². The van der Waals surface area contributed by atoms with E-state index in [1.54, 1.807) is 0 Å². The van der Waals surface area contributed by atoms with Gasteiger partial charge in [-0.25, -0.2) is 9.59 Å². The van der Waals surface area contributed by atoms with Gasteiger partial charge in [0, 0.05) is 5.33 Å². The Hall–Kier alpha value is -0.980. The van der Waals surface area contributed by atoms with Gasteiger partial charge in [-0.15, -0.1) is 0 Å². The van der Waals surface area contributed by atoms with E-state index in [4.69, 9.17) is 10.2 Å². The van der Waals surface area contributed by atoms with Gasteiger partial charge in [0.05, 0.1) is 13.2 Å². The number of alkyl halides is 1. The van der Waals surface area contributed by atoms with E-state index >= 15 is 0 Å². The van der Waals surface area contributed by atoms with E-state index in [0.29, 0.717) is 13.2 Å². The Kier molecular flexibility index (Phi) is 23.2. The SMILES string of the molecule is CCCCCCCCCOC(=O)O.O=C(O)OCCCCCCBr. The monoisotopic (exact) mass is 412 g/mol. The Labute approximate surface area is 154 Å². The first-order valence-electron chi connectivity index (χ1n) is 8.82. The zero-order valence-corrected chi connectivity index (χ0v) is 16.4. The number of carbonyl (C=O) groups is 2. The summed E-state index contributed by atoms with van der Waals surface area (Å²) in [6.45, 7) is 2.88. The lowest BCUT2D eigenvalue weighted by Gasteiger charge is -2.00. The quantitative estimate of drug-likeness (QED) is 0.204. The van der Waals surface area contributed by atoms with Crippen LogP contribution in [0.2, 0.25) is 0 Å². The summed E-state index contributed by atoms with van der Waals surface area (Å²) in [6.07, 6.45) is 10.1. The van der Waals surface area contributed by atoms with Gasteiger partial charge in [-0.1, -0.05) is 74.2 Å². The lowest BCUT2D eigenvalue weighted by atomic mass is 10.1. The van der Waals surface area contributed by atoms with Crippen LogP contribution in [0.4, 0.5) is 9.59 Å². The summed E-state index contributed by atoms with van der Waals surface area (Å²) < 4.78 is 8.71. The second-order valence-corrected chi connectivity index (χ2v) is 6.25. The second kappa shape index (κ2) is 22.0. The molecule has 7 heteroatoms. The zero-order valence-electron chi connectivity index (χ0n) is 14.8. The second-order valence-electron chi connectivity index (χ2n) is 5.45. The Morgan fingerprint density at radius 3 is 1.46 bits per heavy atom. The maximum Gasteiger partial charge on any atom is 0.505 e. The largest absolute Gasteiger partial charge is 0.505 e. The van der Waals surface area contributed by atoms with Crippen LogP contribution >= 0.6 is 15.9 Å². The third kappa shape index (κ3) is 29.1. The van der Waals surface area contributed by atoms with Gasteiger partial charge in [0.15, 0.2) is 0 Å². The van der Waals surface area contributed by atoms with E-state index < -0.39 is 12.3 Å². The fourth-order valence-electron chi connectivity index (χ4n) is 1.93. The van der Waals surface area contributed by atoms with Crippen molar-refractivity contribution in [1.29, 1.82) is 0 Å². The van der Waals surface area contributed by atoms with Crippen LogP contribution < -0.4 is 0 Å². The molecule has 0 aliphatic rings. The highest BCUT2D eigenvalue weighted by molar-refractivity contribution is 9.09. The van der Waals surface area contributed by atoms with Crippen LogP contribution in [0, 0.1) is 0 Å². The van der Waals surface area contributed by atoms with Crippen molar-refractivity contribution in [1.82, 2.24) is 0 Å². The molecule has 0 saturated carbocycles. The summed E-state index contributed by atoms with van der Waals surface area (Å²) in [5.74, 6) is 0. The first-order chi connectivity index (χ1) is 11.5. The van der Waals surface area contributed by atoms with Crippen molar-refractivity contribution in [3.8, 4) is 0 Å². The molecule has 144 valence electrons. The lowest BCUT2D eigenvalue weighted by Crippen LogP contribution is -2.01. The molecule has 0 radical (unpaired) electrons. The van der Waals surface area contributed by atoms with E-state index in [0.717, 1.165) is 43.9 Å². The fraction of sp³-hybridized carbons (Fsp3) is 0.882. The third-order valence-electron chi connectivity index (χ3n) is 3.23. The minimum absolute atomic E-state index is 0.331. The number of rotatable bonds is 14. The minimum atomic E-state index is -1.18. The van der Waals surface area contributed by atoms with Gasteiger partial charge in [0.2, 0.25) is 0 Å². The Balaban J connectivity index is 0. The third-order valence-corrected chi connectivity index (χ3v) is 3.79. The molecular formula is C17H33BrO6. The molecule has 0 fully saturated rings. The molecule has 0 aliphatic carbocycles. The van der Waals surface area contributed by atoms with E-state index in [1.807, 2.05) is 0 Å². The highest BCUT2D eigenvalue weighted by Crippen LogP contribution is 2.06. The predicted octanol–water partition coefficient (Wildman–Crippen LogP) is 6.07. The molecule has 0 aromatic carbocycles. The molecular weight excluding hydrogens is 380 g/mol. The summed E-state index contributed by atoms with van der Waals surface area (Å²) in [5, 5.41) is 17.3. The number of carboxylic acid groups (broad SMARTS) is 2. The molecule has 0 heterocycles. The van der Waals surface area contributed by atoms with E-state index in [-0.39, 0.29) is 0 Å². The number of ether oxygens (including phenoxy) is 2. The van der Waals surface area contributed by atoms with Crippen molar-refractivity contribution in [2.24, 2.45) is 0 Å². The average Bonchev–Trinajstić information content (AvgIpc) is 2.53. The van der Waals surface area contributed by atoms with Crippen LogP contribution in [0.25, 0.3) is 0 Å². The van der Waals surface area contributed by atoms with Gasteiger partial charge in [-0.05, 0) is 19.3 Å². The molecule has 0 spiro atoms. The molecule has 0 atom stereocenters. The van der Waals surface area contributed by atoms with Crippen molar-refractivity contribution in [2.45, 2.75) is 77.6 Å².